The number of aliphatic hydroxyl groups excluding tert-OH is 1. The van der Waals surface area contributed by atoms with E-state index in [1.54, 1.807) is 0 Å². The molecule has 5 nitrogen and oxygen atoms in total. The summed E-state index contributed by atoms with van der Waals surface area (Å²) in [6, 6.07) is 3.39. The van der Waals surface area contributed by atoms with Crippen LogP contribution in [-0.2, 0) is 4.79 Å². The third-order valence-electron chi connectivity index (χ3n) is 1.98. The first-order valence-electron chi connectivity index (χ1n) is 4.59. The van der Waals surface area contributed by atoms with Crippen LogP contribution in [0.25, 0.3) is 0 Å². The van der Waals surface area contributed by atoms with Gasteiger partial charge in [-0.3, -0.25) is 0 Å². The number of carboxylic acid groups (broad SMARTS) is 1. The van der Waals surface area contributed by atoms with E-state index < -0.39 is 29.7 Å². The van der Waals surface area contributed by atoms with Crippen LogP contribution in [-0.4, -0.2) is 29.7 Å². The van der Waals surface area contributed by atoms with E-state index in [0.717, 1.165) is 19.2 Å². The molecule has 100 valence electrons. The van der Waals surface area contributed by atoms with Gasteiger partial charge in [0.2, 0.25) is 0 Å². The highest BCUT2D eigenvalue weighted by Gasteiger charge is 2.35. The molecular weight excluding hydrogens is 257 g/mol. The Morgan fingerprint density at radius 1 is 1.39 bits per heavy atom. The number of ether oxygens (including phenoxy) is 2. The summed E-state index contributed by atoms with van der Waals surface area (Å²) in [6.07, 6.45) is -7.17. The normalized spacial score (nSPS) is 12.9. The zero-order valence-corrected chi connectivity index (χ0v) is 9.06. The molecule has 0 saturated carbocycles. The molecule has 1 rings (SSSR count). The van der Waals surface area contributed by atoms with Gasteiger partial charge in [-0.15, -0.1) is 13.2 Å². The zero-order valence-electron chi connectivity index (χ0n) is 9.06. The molecule has 0 spiro atoms. The van der Waals surface area contributed by atoms with E-state index in [-0.39, 0.29) is 5.75 Å². The number of rotatable bonds is 4. The first-order valence-corrected chi connectivity index (χ1v) is 4.59. The summed E-state index contributed by atoms with van der Waals surface area (Å²) >= 11 is 0. The van der Waals surface area contributed by atoms with Crippen LogP contribution >= 0.6 is 0 Å². The number of carbonyl (C=O) groups is 1. The largest absolute Gasteiger partial charge is 0.573 e. The molecule has 8 heteroatoms. The number of carboxylic acids is 1. The Labute approximate surface area is 99.4 Å². The molecular formula is C10H9F3O5. The molecule has 0 aromatic heterocycles. The Morgan fingerprint density at radius 3 is 2.44 bits per heavy atom. The molecule has 1 aromatic carbocycles. The minimum absolute atomic E-state index is 0.329. The summed E-state index contributed by atoms with van der Waals surface area (Å²) in [5, 5.41) is 17.9. The second-order valence-corrected chi connectivity index (χ2v) is 3.17. The highest BCUT2D eigenvalue weighted by atomic mass is 19.4. The lowest BCUT2D eigenvalue weighted by atomic mass is 10.1. The van der Waals surface area contributed by atoms with Crippen molar-refractivity contribution in [3.05, 3.63) is 23.8 Å². The van der Waals surface area contributed by atoms with E-state index in [1.165, 1.54) is 6.07 Å². The molecule has 0 aliphatic rings. The predicted octanol–water partition coefficient (Wildman–Crippen LogP) is 1.71. The molecule has 0 heterocycles. The standard InChI is InChI=1S/C10H9F3O5/c1-17-6-4-2-3-5(7(14)9(15)16)8(6)18-10(11,12)13/h2-4,7,14H,1H3,(H,15,16). The fraction of sp³-hybridized carbons (Fsp3) is 0.300. The quantitative estimate of drug-likeness (QED) is 0.867. The molecule has 0 bridgehead atoms. The van der Waals surface area contributed by atoms with Crippen LogP contribution in [0.15, 0.2) is 18.2 Å². The molecule has 2 N–H and O–H groups in total. The molecule has 1 unspecified atom stereocenters. The number of alkyl halides is 3. The van der Waals surface area contributed by atoms with Gasteiger partial charge in [-0.25, -0.2) is 4.79 Å². The first-order chi connectivity index (χ1) is 8.26. The van der Waals surface area contributed by atoms with Gasteiger partial charge in [-0.1, -0.05) is 12.1 Å². The van der Waals surface area contributed by atoms with Gasteiger partial charge < -0.3 is 19.7 Å². The van der Waals surface area contributed by atoms with E-state index in [4.69, 9.17) is 5.11 Å². The van der Waals surface area contributed by atoms with Crippen LogP contribution < -0.4 is 9.47 Å². The van der Waals surface area contributed by atoms with Gasteiger partial charge in [-0.2, -0.15) is 0 Å². The monoisotopic (exact) mass is 266 g/mol. The molecule has 1 aromatic rings. The number of hydrogen-bond acceptors (Lipinski definition) is 4. The highest BCUT2D eigenvalue weighted by molar-refractivity contribution is 5.75. The van der Waals surface area contributed by atoms with Gasteiger partial charge in [-0.05, 0) is 6.07 Å². The fourth-order valence-corrected chi connectivity index (χ4v) is 1.27. The average Bonchev–Trinajstić information content (AvgIpc) is 2.26. The van der Waals surface area contributed by atoms with Crippen LogP contribution in [0.1, 0.15) is 11.7 Å². The molecule has 0 aliphatic carbocycles. The fourth-order valence-electron chi connectivity index (χ4n) is 1.27. The van der Waals surface area contributed by atoms with Crippen LogP contribution in [0.3, 0.4) is 0 Å². The summed E-state index contributed by atoms with van der Waals surface area (Å²) in [6.45, 7) is 0. The van der Waals surface area contributed by atoms with Gasteiger partial charge >= 0.3 is 12.3 Å². The van der Waals surface area contributed by atoms with Crippen molar-refractivity contribution in [2.45, 2.75) is 12.5 Å². The van der Waals surface area contributed by atoms with Crippen molar-refractivity contribution in [1.82, 2.24) is 0 Å². The summed E-state index contributed by atoms with van der Waals surface area (Å²) in [5.74, 6) is -2.90. The first kappa shape index (κ1) is 14.1. The Balaban J connectivity index is 3.29. The van der Waals surface area contributed by atoms with Gasteiger partial charge in [0.25, 0.3) is 0 Å². The summed E-state index contributed by atoms with van der Waals surface area (Å²) in [4.78, 5) is 10.6. The summed E-state index contributed by atoms with van der Waals surface area (Å²) in [7, 11) is 1.09. The van der Waals surface area contributed by atoms with Crippen LogP contribution in [0, 0.1) is 0 Å². The number of halogens is 3. The summed E-state index contributed by atoms with van der Waals surface area (Å²) < 4.78 is 44.9. The van der Waals surface area contributed by atoms with Gasteiger partial charge in [0.05, 0.1) is 7.11 Å². The van der Waals surface area contributed by atoms with Crippen molar-refractivity contribution >= 4 is 5.97 Å². The van der Waals surface area contributed by atoms with Gasteiger partial charge in [0.15, 0.2) is 17.6 Å². The maximum absolute atomic E-state index is 12.2. The lowest BCUT2D eigenvalue weighted by Gasteiger charge is -2.17. The number of aliphatic carboxylic acids is 1. The Kier molecular flexibility index (Phi) is 4.02. The van der Waals surface area contributed by atoms with Crippen molar-refractivity contribution in [3.63, 3.8) is 0 Å². The number of hydrogen-bond donors (Lipinski definition) is 2. The Bertz CT molecular complexity index is 444. The lowest BCUT2D eigenvalue weighted by Crippen LogP contribution is -2.20. The van der Waals surface area contributed by atoms with Crippen LogP contribution in [0.2, 0.25) is 0 Å². The second-order valence-electron chi connectivity index (χ2n) is 3.17. The maximum atomic E-state index is 12.2. The zero-order chi connectivity index (χ0) is 13.9. The molecule has 0 amide bonds. The van der Waals surface area contributed by atoms with Crippen molar-refractivity contribution in [2.24, 2.45) is 0 Å². The SMILES string of the molecule is COc1cccc(C(O)C(=O)O)c1OC(F)(F)F. The Morgan fingerprint density at radius 2 is 2.00 bits per heavy atom. The number of para-hydroxylation sites is 1. The second kappa shape index (κ2) is 5.13. The topological polar surface area (TPSA) is 76.0 Å². The molecule has 0 aliphatic heterocycles. The minimum atomic E-state index is -5.03. The average molecular weight is 266 g/mol. The molecule has 18 heavy (non-hydrogen) atoms. The van der Waals surface area contributed by atoms with Crippen molar-refractivity contribution < 1.29 is 37.7 Å². The molecule has 0 saturated heterocycles. The molecule has 1 atom stereocenters. The number of benzene rings is 1. The Hall–Kier alpha value is -1.96. The van der Waals surface area contributed by atoms with E-state index >= 15 is 0 Å². The smallest absolute Gasteiger partial charge is 0.493 e. The molecule has 0 fully saturated rings. The highest BCUT2D eigenvalue weighted by Crippen LogP contribution is 2.38. The number of aliphatic hydroxyl groups is 1. The van der Waals surface area contributed by atoms with E-state index in [1.807, 2.05) is 0 Å². The predicted molar refractivity (Wildman–Crippen MR) is 52.3 cm³/mol. The van der Waals surface area contributed by atoms with Crippen LogP contribution in [0.4, 0.5) is 13.2 Å². The van der Waals surface area contributed by atoms with Crippen molar-refractivity contribution in [2.75, 3.05) is 7.11 Å². The maximum Gasteiger partial charge on any atom is 0.573 e. The third kappa shape index (κ3) is 3.27. The summed E-state index contributed by atoms with van der Waals surface area (Å²) in [5.41, 5.74) is -0.542. The van der Waals surface area contributed by atoms with Gasteiger partial charge in [0, 0.05) is 5.56 Å². The molecule has 0 radical (unpaired) electrons. The van der Waals surface area contributed by atoms with Crippen molar-refractivity contribution in [1.29, 1.82) is 0 Å². The van der Waals surface area contributed by atoms with Crippen LogP contribution in [0.5, 0.6) is 11.5 Å². The third-order valence-corrected chi connectivity index (χ3v) is 1.98. The minimum Gasteiger partial charge on any atom is -0.493 e. The van der Waals surface area contributed by atoms with E-state index in [2.05, 4.69) is 9.47 Å². The van der Waals surface area contributed by atoms with Crippen molar-refractivity contribution in [3.8, 4) is 11.5 Å². The lowest BCUT2D eigenvalue weighted by molar-refractivity contribution is -0.275. The van der Waals surface area contributed by atoms with E-state index in [0.29, 0.717) is 0 Å². The number of methoxy groups -OCH3 is 1. The van der Waals surface area contributed by atoms with E-state index in [9.17, 15) is 23.1 Å². The van der Waals surface area contributed by atoms with Gasteiger partial charge in [0.1, 0.15) is 0 Å².